The first-order valence-corrected chi connectivity index (χ1v) is 6.74. The third kappa shape index (κ3) is 3.81. The topological polar surface area (TPSA) is 86.9 Å². The van der Waals surface area contributed by atoms with Gasteiger partial charge in [0.05, 0.1) is 6.20 Å². The molecule has 1 fully saturated rings. The molecular weight excluding hydrogens is 244 g/mol. The summed E-state index contributed by atoms with van der Waals surface area (Å²) in [4.78, 5) is 23.4. The number of carbonyl (C=O) groups excluding carboxylic acids is 2. The Morgan fingerprint density at radius 1 is 1.42 bits per heavy atom. The average molecular weight is 264 g/mol. The molecule has 19 heavy (non-hydrogen) atoms. The van der Waals surface area contributed by atoms with Gasteiger partial charge in [-0.25, -0.2) is 0 Å². The zero-order valence-corrected chi connectivity index (χ0v) is 11.2. The van der Waals surface area contributed by atoms with Crippen molar-refractivity contribution >= 4 is 17.6 Å². The molecule has 6 nitrogen and oxygen atoms in total. The molecule has 104 valence electrons. The van der Waals surface area contributed by atoms with Crippen LogP contribution in [0.15, 0.2) is 6.20 Å². The number of H-pyrrole nitrogens is 1. The van der Waals surface area contributed by atoms with Crippen molar-refractivity contribution in [2.75, 3.05) is 11.9 Å². The van der Waals surface area contributed by atoms with Crippen LogP contribution in [0.25, 0.3) is 0 Å². The van der Waals surface area contributed by atoms with Gasteiger partial charge in [0.2, 0.25) is 11.8 Å². The number of carbonyl (C=O) groups is 2. The van der Waals surface area contributed by atoms with Crippen LogP contribution in [0.4, 0.5) is 5.82 Å². The number of aromatic amines is 1. The van der Waals surface area contributed by atoms with E-state index >= 15 is 0 Å². The van der Waals surface area contributed by atoms with E-state index in [9.17, 15) is 9.59 Å². The zero-order valence-electron chi connectivity index (χ0n) is 11.2. The SMILES string of the molecule is Cc1cn[nH]c1NC(=O)CCNC(=O)C1CCCC1. The average Bonchev–Trinajstić information content (AvgIpc) is 3.02. The van der Waals surface area contributed by atoms with Gasteiger partial charge >= 0.3 is 0 Å². The molecule has 1 aromatic heterocycles. The summed E-state index contributed by atoms with van der Waals surface area (Å²) in [7, 11) is 0. The van der Waals surface area contributed by atoms with Crippen LogP contribution in [0.5, 0.6) is 0 Å². The van der Waals surface area contributed by atoms with E-state index in [1.54, 1.807) is 6.20 Å². The Hall–Kier alpha value is -1.85. The lowest BCUT2D eigenvalue weighted by molar-refractivity contribution is -0.124. The summed E-state index contributed by atoms with van der Waals surface area (Å²) >= 11 is 0. The van der Waals surface area contributed by atoms with Crippen LogP contribution in [-0.2, 0) is 9.59 Å². The minimum absolute atomic E-state index is 0.0861. The molecule has 1 aliphatic rings. The summed E-state index contributed by atoms with van der Waals surface area (Å²) in [6.45, 7) is 2.25. The van der Waals surface area contributed by atoms with Crippen molar-refractivity contribution in [3.63, 3.8) is 0 Å². The van der Waals surface area contributed by atoms with Gasteiger partial charge in [0.15, 0.2) is 0 Å². The number of anilines is 1. The number of hydrogen-bond donors (Lipinski definition) is 3. The van der Waals surface area contributed by atoms with Crippen molar-refractivity contribution in [2.45, 2.75) is 39.0 Å². The number of nitrogens with one attached hydrogen (secondary N) is 3. The van der Waals surface area contributed by atoms with E-state index in [2.05, 4.69) is 20.8 Å². The smallest absolute Gasteiger partial charge is 0.227 e. The number of nitrogens with zero attached hydrogens (tertiary/aromatic N) is 1. The molecule has 1 aliphatic carbocycles. The van der Waals surface area contributed by atoms with Gasteiger partial charge in [-0.15, -0.1) is 0 Å². The molecule has 0 aromatic carbocycles. The maximum Gasteiger partial charge on any atom is 0.227 e. The molecule has 6 heteroatoms. The fraction of sp³-hybridized carbons (Fsp3) is 0.615. The van der Waals surface area contributed by atoms with Crippen LogP contribution in [0.1, 0.15) is 37.7 Å². The summed E-state index contributed by atoms with van der Waals surface area (Å²) in [5, 5.41) is 12.1. The lowest BCUT2D eigenvalue weighted by Crippen LogP contribution is -2.32. The largest absolute Gasteiger partial charge is 0.355 e. The third-order valence-corrected chi connectivity index (χ3v) is 3.47. The highest BCUT2D eigenvalue weighted by molar-refractivity contribution is 5.90. The maximum absolute atomic E-state index is 11.7. The number of amides is 2. The minimum Gasteiger partial charge on any atom is -0.355 e. The van der Waals surface area contributed by atoms with Gasteiger partial charge in [0.25, 0.3) is 0 Å². The van der Waals surface area contributed by atoms with E-state index in [1.165, 1.54) is 0 Å². The fourth-order valence-corrected chi connectivity index (χ4v) is 2.31. The van der Waals surface area contributed by atoms with Crippen LogP contribution < -0.4 is 10.6 Å². The number of hydrogen-bond acceptors (Lipinski definition) is 3. The van der Waals surface area contributed by atoms with Crippen molar-refractivity contribution in [2.24, 2.45) is 5.92 Å². The third-order valence-electron chi connectivity index (χ3n) is 3.47. The van der Waals surface area contributed by atoms with Crippen LogP contribution in [0.3, 0.4) is 0 Å². The molecule has 2 amide bonds. The summed E-state index contributed by atoms with van der Waals surface area (Å²) < 4.78 is 0. The van der Waals surface area contributed by atoms with E-state index in [4.69, 9.17) is 0 Å². The van der Waals surface area contributed by atoms with E-state index in [0.29, 0.717) is 12.4 Å². The summed E-state index contributed by atoms with van der Waals surface area (Å²) in [5.74, 6) is 0.729. The molecule has 1 heterocycles. The molecule has 1 aromatic rings. The van der Waals surface area contributed by atoms with E-state index in [-0.39, 0.29) is 24.2 Å². The lowest BCUT2D eigenvalue weighted by atomic mass is 10.1. The van der Waals surface area contributed by atoms with Crippen molar-refractivity contribution in [3.05, 3.63) is 11.8 Å². The molecular formula is C13H20N4O2. The molecule has 0 unspecified atom stereocenters. The predicted octanol–water partition coefficient (Wildman–Crippen LogP) is 1.35. The molecule has 0 spiro atoms. The fourth-order valence-electron chi connectivity index (χ4n) is 2.31. The van der Waals surface area contributed by atoms with Crippen molar-refractivity contribution < 1.29 is 9.59 Å². The number of rotatable bonds is 5. The quantitative estimate of drug-likeness (QED) is 0.750. The summed E-state index contributed by atoms with van der Waals surface area (Å²) in [5.41, 5.74) is 0.892. The van der Waals surface area contributed by atoms with Gasteiger partial charge < -0.3 is 10.6 Å². The highest BCUT2D eigenvalue weighted by atomic mass is 16.2. The molecule has 0 saturated heterocycles. The molecule has 0 atom stereocenters. The minimum atomic E-state index is -0.126. The molecule has 0 radical (unpaired) electrons. The van der Waals surface area contributed by atoms with Crippen LogP contribution in [0.2, 0.25) is 0 Å². The van der Waals surface area contributed by atoms with Crippen molar-refractivity contribution in [3.8, 4) is 0 Å². The van der Waals surface area contributed by atoms with Gasteiger partial charge in [-0.1, -0.05) is 12.8 Å². The highest BCUT2D eigenvalue weighted by Gasteiger charge is 2.22. The predicted molar refractivity (Wildman–Crippen MR) is 71.5 cm³/mol. The maximum atomic E-state index is 11.7. The van der Waals surface area contributed by atoms with Gasteiger partial charge in [0, 0.05) is 24.4 Å². The molecule has 2 rings (SSSR count). The Kier molecular flexibility index (Phi) is 4.54. The molecule has 3 N–H and O–H groups in total. The Balaban J connectivity index is 1.66. The van der Waals surface area contributed by atoms with Crippen molar-refractivity contribution in [1.29, 1.82) is 0 Å². The second-order valence-electron chi connectivity index (χ2n) is 5.00. The van der Waals surface area contributed by atoms with Crippen LogP contribution in [0, 0.1) is 12.8 Å². The first kappa shape index (κ1) is 13.6. The van der Waals surface area contributed by atoms with Gasteiger partial charge in [-0.3, -0.25) is 14.7 Å². The van der Waals surface area contributed by atoms with Gasteiger partial charge in [0.1, 0.15) is 5.82 Å². The Labute approximate surface area is 112 Å². The van der Waals surface area contributed by atoms with E-state index in [0.717, 1.165) is 31.2 Å². The molecule has 0 bridgehead atoms. The monoisotopic (exact) mass is 264 g/mol. The Bertz CT molecular complexity index is 449. The van der Waals surface area contributed by atoms with Crippen molar-refractivity contribution in [1.82, 2.24) is 15.5 Å². The van der Waals surface area contributed by atoms with Crippen LogP contribution >= 0.6 is 0 Å². The van der Waals surface area contributed by atoms with Gasteiger partial charge in [-0.2, -0.15) is 5.10 Å². The highest BCUT2D eigenvalue weighted by Crippen LogP contribution is 2.24. The molecule has 1 saturated carbocycles. The summed E-state index contributed by atoms with van der Waals surface area (Å²) in [6, 6.07) is 0. The number of aromatic nitrogens is 2. The Morgan fingerprint density at radius 2 is 2.16 bits per heavy atom. The second kappa shape index (κ2) is 6.36. The molecule has 0 aliphatic heterocycles. The van der Waals surface area contributed by atoms with Crippen LogP contribution in [-0.4, -0.2) is 28.6 Å². The standard InChI is InChI=1S/C13H20N4O2/c1-9-8-15-17-12(9)16-11(18)6-7-14-13(19)10-4-2-3-5-10/h8,10H,2-7H2,1H3,(H,14,19)(H2,15,16,17,18). The number of aryl methyl sites for hydroxylation is 1. The second-order valence-corrected chi connectivity index (χ2v) is 5.00. The van der Waals surface area contributed by atoms with E-state index < -0.39 is 0 Å². The lowest BCUT2D eigenvalue weighted by Gasteiger charge is -2.10. The van der Waals surface area contributed by atoms with E-state index in [1.807, 2.05) is 6.92 Å². The Morgan fingerprint density at radius 3 is 2.79 bits per heavy atom. The zero-order chi connectivity index (χ0) is 13.7. The first-order chi connectivity index (χ1) is 9.16. The normalized spacial score (nSPS) is 15.4. The first-order valence-electron chi connectivity index (χ1n) is 6.74. The van der Waals surface area contributed by atoms with Gasteiger partial charge in [-0.05, 0) is 19.8 Å². The summed E-state index contributed by atoms with van der Waals surface area (Å²) in [6.07, 6.45) is 6.15.